The van der Waals surface area contributed by atoms with Crippen molar-refractivity contribution in [2.75, 3.05) is 5.32 Å². The molecule has 0 amide bonds. The van der Waals surface area contributed by atoms with Crippen LogP contribution in [-0.4, -0.2) is 24.9 Å². The summed E-state index contributed by atoms with van der Waals surface area (Å²) in [5.74, 6) is 3.04. The number of hydrogen-bond acceptors (Lipinski definition) is 7. The largest absolute Gasteiger partial charge is 0.359 e. The Morgan fingerprint density at radius 1 is 1.10 bits per heavy atom. The molecule has 4 heterocycles. The van der Waals surface area contributed by atoms with E-state index < -0.39 is 0 Å². The predicted molar refractivity (Wildman–Crippen MR) is 119 cm³/mol. The van der Waals surface area contributed by atoms with Gasteiger partial charge >= 0.3 is 0 Å². The van der Waals surface area contributed by atoms with Gasteiger partial charge in [0.15, 0.2) is 11.6 Å². The lowest BCUT2D eigenvalue weighted by Crippen LogP contribution is -2.18. The highest BCUT2D eigenvalue weighted by atomic mass is 32.1. The fourth-order valence-corrected chi connectivity index (χ4v) is 5.57. The van der Waals surface area contributed by atoms with Crippen molar-refractivity contribution in [3.63, 3.8) is 0 Å². The monoisotopic (exact) mass is 414 g/mol. The molecular formula is C23H22N6S. The Hall–Kier alpha value is -2.93. The quantitative estimate of drug-likeness (QED) is 0.500. The normalized spacial score (nSPS) is 16.6. The van der Waals surface area contributed by atoms with Gasteiger partial charge in [-0.2, -0.15) is 0 Å². The molecule has 0 saturated heterocycles. The molecule has 4 aromatic rings. The maximum Gasteiger partial charge on any atom is 0.164 e. The molecule has 0 spiro atoms. The Morgan fingerprint density at radius 3 is 2.83 bits per heavy atom. The van der Waals surface area contributed by atoms with Crippen molar-refractivity contribution in [1.82, 2.24) is 24.9 Å². The van der Waals surface area contributed by atoms with Gasteiger partial charge in [0, 0.05) is 34.7 Å². The topological polar surface area (TPSA) is 76.5 Å². The molecule has 1 saturated carbocycles. The smallest absolute Gasteiger partial charge is 0.164 e. The lowest BCUT2D eigenvalue weighted by Gasteiger charge is -2.19. The van der Waals surface area contributed by atoms with E-state index in [2.05, 4.69) is 15.3 Å². The van der Waals surface area contributed by atoms with Crippen molar-refractivity contribution >= 4 is 27.4 Å². The minimum Gasteiger partial charge on any atom is -0.359 e. The highest BCUT2D eigenvalue weighted by Gasteiger charge is 2.35. The summed E-state index contributed by atoms with van der Waals surface area (Å²) in [4.78, 5) is 26.0. The SMILES string of the molecule is Cc1ccnc(C(Nc2nc(-c3cccnc3)nc3sc4c(c23)CCC4)C2CC2)n1. The van der Waals surface area contributed by atoms with Crippen LogP contribution in [0.5, 0.6) is 0 Å². The van der Waals surface area contributed by atoms with Crippen LogP contribution < -0.4 is 5.32 Å². The first-order valence-corrected chi connectivity index (χ1v) is 11.4. The van der Waals surface area contributed by atoms with Crippen LogP contribution in [0.1, 0.15) is 47.3 Å². The van der Waals surface area contributed by atoms with Gasteiger partial charge < -0.3 is 5.32 Å². The predicted octanol–water partition coefficient (Wildman–Crippen LogP) is 4.90. The number of rotatable bonds is 5. The van der Waals surface area contributed by atoms with E-state index in [0.29, 0.717) is 5.92 Å². The second kappa shape index (κ2) is 7.09. The van der Waals surface area contributed by atoms with E-state index in [9.17, 15) is 0 Å². The minimum absolute atomic E-state index is 0.0710. The maximum atomic E-state index is 5.01. The fraction of sp³-hybridized carbons (Fsp3) is 0.348. The molecule has 0 radical (unpaired) electrons. The fourth-order valence-electron chi connectivity index (χ4n) is 4.31. The Kier molecular flexibility index (Phi) is 4.23. The number of aryl methyl sites for hydroxylation is 3. The third kappa shape index (κ3) is 3.13. The number of aromatic nitrogens is 5. The van der Waals surface area contributed by atoms with Crippen molar-refractivity contribution in [2.45, 2.75) is 45.1 Å². The zero-order valence-corrected chi connectivity index (χ0v) is 17.6. The van der Waals surface area contributed by atoms with Crippen LogP contribution in [-0.2, 0) is 12.8 Å². The maximum absolute atomic E-state index is 5.01. The van der Waals surface area contributed by atoms with Gasteiger partial charge in [0.05, 0.1) is 11.4 Å². The van der Waals surface area contributed by atoms with Crippen molar-refractivity contribution in [3.8, 4) is 11.4 Å². The van der Waals surface area contributed by atoms with Gasteiger partial charge in [-0.1, -0.05) is 0 Å². The average molecular weight is 415 g/mol. The Labute approximate surface area is 178 Å². The molecule has 2 aliphatic rings. The molecule has 150 valence electrons. The molecule has 0 bridgehead atoms. The van der Waals surface area contributed by atoms with E-state index in [1.165, 1.54) is 35.1 Å². The lowest BCUT2D eigenvalue weighted by molar-refractivity contribution is 0.629. The van der Waals surface area contributed by atoms with Crippen LogP contribution >= 0.6 is 11.3 Å². The van der Waals surface area contributed by atoms with E-state index in [1.807, 2.05) is 48.9 Å². The van der Waals surface area contributed by atoms with E-state index in [0.717, 1.165) is 46.4 Å². The van der Waals surface area contributed by atoms with Crippen LogP contribution in [0.4, 0.5) is 5.82 Å². The number of pyridine rings is 1. The molecule has 1 fully saturated rings. The van der Waals surface area contributed by atoms with Gasteiger partial charge in [-0.3, -0.25) is 4.98 Å². The first-order chi connectivity index (χ1) is 14.8. The first-order valence-electron chi connectivity index (χ1n) is 10.5. The van der Waals surface area contributed by atoms with Crippen LogP contribution in [0.3, 0.4) is 0 Å². The summed E-state index contributed by atoms with van der Waals surface area (Å²) in [6.45, 7) is 2.02. The summed E-state index contributed by atoms with van der Waals surface area (Å²) in [7, 11) is 0. The molecule has 6 nitrogen and oxygen atoms in total. The van der Waals surface area contributed by atoms with Crippen LogP contribution in [0.25, 0.3) is 21.6 Å². The molecule has 7 heteroatoms. The van der Waals surface area contributed by atoms with E-state index in [1.54, 1.807) is 6.20 Å². The lowest BCUT2D eigenvalue weighted by atomic mass is 10.1. The van der Waals surface area contributed by atoms with Crippen LogP contribution in [0, 0.1) is 12.8 Å². The molecular weight excluding hydrogens is 392 g/mol. The van der Waals surface area contributed by atoms with Crippen LogP contribution in [0.15, 0.2) is 36.8 Å². The van der Waals surface area contributed by atoms with Gasteiger partial charge in [-0.15, -0.1) is 11.3 Å². The highest BCUT2D eigenvalue weighted by molar-refractivity contribution is 7.19. The van der Waals surface area contributed by atoms with E-state index >= 15 is 0 Å². The molecule has 1 atom stereocenters. The summed E-state index contributed by atoms with van der Waals surface area (Å²) in [6, 6.07) is 5.96. The molecule has 1 N–H and O–H groups in total. The van der Waals surface area contributed by atoms with Gasteiger partial charge in [-0.25, -0.2) is 19.9 Å². The van der Waals surface area contributed by atoms with Gasteiger partial charge in [0.1, 0.15) is 10.6 Å². The van der Waals surface area contributed by atoms with Gasteiger partial charge in [0.25, 0.3) is 0 Å². The molecule has 0 aromatic carbocycles. The molecule has 1 unspecified atom stereocenters. The second-order valence-electron chi connectivity index (χ2n) is 8.19. The third-order valence-corrected chi connectivity index (χ3v) is 7.15. The number of nitrogens with zero attached hydrogens (tertiary/aromatic N) is 5. The molecule has 30 heavy (non-hydrogen) atoms. The molecule has 6 rings (SSSR count). The number of fused-ring (bicyclic) bond motifs is 3. The zero-order valence-electron chi connectivity index (χ0n) is 16.8. The van der Waals surface area contributed by atoms with E-state index in [-0.39, 0.29) is 6.04 Å². The van der Waals surface area contributed by atoms with Crippen molar-refractivity contribution in [2.24, 2.45) is 5.92 Å². The number of hydrogen-bond donors (Lipinski definition) is 1. The summed E-state index contributed by atoms with van der Waals surface area (Å²) < 4.78 is 0. The third-order valence-electron chi connectivity index (χ3n) is 5.96. The minimum atomic E-state index is 0.0710. The summed E-state index contributed by atoms with van der Waals surface area (Å²) in [5, 5.41) is 4.96. The average Bonchev–Trinajstić information content (AvgIpc) is 3.40. The van der Waals surface area contributed by atoms with E-state index in [4.69, 9.17) is 15.0 Å². The molecule has 0 aliphatic heterocycles. The number of nitrogens with one attached hydrogen (secondary N) is 1. The number of thiophene rings is 1. The van der Waals surface area contributed by atoms with Gasteiger partial charge in [0.2, 0.25) is 0 Å². The second-order valence-corrected chi connectivity index (χ2v) is 9.27. The van der Waals surface area contributed by atoms with Crippen LogP contribution in [0.2, 0.25) is 0 Å². The highest BCUT2D eigenvalue weighted by Crippen LogP contribution is 2.45. The standard InChI is InChI=1S/C23H22N6S/c1-13-9-11-25-22(26-13)19(14-7-8-14)27-21-18-16-5-2-6-17(16)30-23(18)29-20(28-21)15-4-3-10-24-12-15/h3-4,9-12,14,19H,2,5-8H2,1H3,(H,27,28,29). The van der Waals surface area contributed by atoms with Crippen molar-refractivity contribution < 1.29 is 0 Å². The Balaban J connectivity index is 1.50. The molecule has 2 aliphatic carbocycles. The van der Waals surface area contributed by atoms with Gasteiger partial charge in [-0.05, 0) is 68.7 Å². The summed E-state index contributed by atoms with van der Waals surface area (Å²) in [6.07, 6.45) is 11.3. The molecule has 4 aromatic heterocycles. The summed E-state index contributed by atoms with van der Waals surface area (Å²) in [5.41, 5.74) is 3.36. The summed E-state index contributed by atoms with van der Waals surface area (Å²) >= 11 is 1.82. The zero-order chi connectivity index (χ0) is 20.1. The Morgan fingerprint density at radius 2 is 2.03 bits per heavy atom. The van der Waals surface area contributed by atoms with Crippen molar-refractivity contribution in [3.05, 3.63) is 58.7 Å². The van der Waals surface area contributed by atoms with Crippen molar-refractivity contribution in [1.29, 1.82) is 0 Å². The Bertz CT molecular complexity index is 1230. The number of anilines is 1. The first kappa shape index (κ1) is 17.9.